The molecule has 0 aromatic carbocycles. The number of rotatable bonds is 5. The molecule has 1 aromatic rings. The average Bonchev–Trinajstić information content (AvgIpc) is 2.65. The number of carbonyl (C=O) groups is 1. The van der Waals surface area contributed by atoms with Crippen molar-refractivity contribution in [3.05, 3.63) is 11.4 Å². The van der Waals surface area contributed by atoms with Crippen molar-refractivity contribution in [3.8, 4) is 0 Å². The van der Waals surface area contributed by atoms with Crippen LogP contribution in [-0.2, 0) is 18.9 Å². The second-order valence-electron chi connectivity index (χ2n) is 4.32. The molecule has 0 spiro atoms. The monoisotopic (exact) mass is 343 g/mol. The fraction of sp³-hybridized carbons (Fsp3) is 0.556. The first kappa shape index (κ1) is 16.9. The number of nitrogens with zero attached hydrogens (tertiary/aromatic N) is 2. The van der Waals surface area contributed by atoms with E-state index in [1.165, 1.54) is 14.0 Å². The van der Waals surface area contributed by atoms with Gasteiger partial charge < -0.3 is 4.90 Å². The molecule has 0 saturated heterocycles. The molecule has 0 aliphatic carbocycles. The smallest absolute Gasteiger partial charge is 0.275 e. The molecular weight excluding hydrogens is 330 g/mol. The zero-order valence-electron chi connectivity index (χ0n) is 11.0. The second kappa shape index (κ2) is 5.70. The number of hydrogen-bond donors (Lipinski definition) is 1. The Balaban J connectivity index is 3.05. The Hall–Kier alpha value is -1.13. The maximum Gasteiger partial charge on any atom is 0.275 e. The van der Waals surface area contributed by atoms with E-state index in [9.17, 15) is 21.6 Å². The fourth-order valence-corrected chi connectivity index (χ4v) is 3.39. The topological polar surface area (TPSA) is 117 Å². The van der Waals surface area contributed by atoms with E-state index in [0.717, 1.165) is 11.2 Å². The Kier molecular flexibility index (Phi) is 4.82. The maximum absolute atomic E-state index is 12.1. The Morgan fingerprint density at radius 3 is 2.35 bits per heavy atom. The van der Waals surface area contributed by atoms with E-state index in [-0.39, 0.29) is 23.7 Å². The van der Waals surface area contributed by atoms with Gasteiger partial charge in [-0.1, -0.05) is 0 Å². The summed E-state index contributed by atoms with van der Waals surface area (Å²) in [5.74, 6) is -0.959. The first-order chi connectivity index (χ1) is 8.93. The first-order valence-corrected chi connectivity index (χ1v) is 9.73. The van der Waals surface area contributed by atoms with Crippen molar-refractivity contribution in [3.63, 3.8) is 0 Å². The minimum Gasteiger partial charge on any atom is -0.339 e. The molecule has 1 amide bonds. The van der Waals surface area contributed by atoms with E-state index in [4.69, 9.17) is 10.7 Å². The van der Waals surface area contributed by atoms with Crippen LogP contribution in [0.25, 0.3) is 0 Å². The van der Waals surface area contributed by atoms with Crippen molar-refractivity contribution in [2.45, 2.75) is 11.8 Å². The van der Waals surface area contributed by atoms with E-state index in [0.29, 0.717) is 0 Å². The number of aromatic nitrogens is 2. The first-order valence-electron chi connectivity index (χ1n) is 5.36. The van der Waals surface area contributed by atoms with Crippen molar-refractivity contribution >= 4 is 35.5 Å². The third-order valence-electron chi connectivity index (χ3n) is 2.48. The fourth-order valence-electron chi connectivity index (χ4n) is 1.45. The number of aryl methyl sites for hydroxylation is 1. The number of carbonyl (C=O) groups excluding carboxylic acids is 1. The third kappa shape index (κ3) is 4.18. The van der Waals surface area contributed by atoms with E-state index in [1.54, 1.807) is 0 Å². The van der Waals surface area contributed by atoms with E-state index >= 15 is 0 Å². The molecule has 20 heavy (non-hydrogen) atoms. The van der Waals surface area contributed by atoms with Crippen LogP contribution >= 0.6 is 10.7 Å². The average molecular weight is 344 g/mol. The van der Waals surface area contributed by atoms with Crippen LogP contribution in [0.15, 0.2) is 4.90 Å². The number of aromatic amines is 1. The van der Waals surface area contributed by atoms with Gasteiger partial charge in [-0.05, 0) is 6.92 Å². The minimum atomic E-state index is -4.13. The van der Waals surface area contributed by atoms with Crippen LogP contribution in [0.5, 0.6) is 0 Å². The van der Waals surface area contributed by atoms with Crippen molar-refractivity contribution in [1.29, 1.82) is 0 Å². The normalized spacial score (nSPS) is 12.4. The number of amides is 1. The van der Waals surface area contributed by atoms with Crippen molar-refractivity contribution < 1.29 is 21.6 Å². The third-order valence-corrected chi connectivity index (χ3v) is 4.86. The highest BCUT2D eigenvalue weighted by molar-refractivity contribution is 8.13. The SMILES string of the molecule is Cc1[nH]nc(C(=O)N(C)CCS(C)(=O)=O)c1S(=O)(=O)Cl. The van der Waals surface area contributed by atoms with Gasteiger partial charge in [-0.15, -0.1) is 0 Å². The quantitative estimate of drug-likeness (QED) is 0.737. The van der Waals surface area contributed by atoms with Gasteiger partial charge in [-0.2, -0.15) is 5.10 Å². The summed E-state index contributed by atoms with van der Waals surface area (Å²) in [6, 6.07) is 0. The number of nitrogens with one attached hydrogen (secondary N) is 1. The summed E-state index contributed by atoms with van der Waals surface area (Å²) < 4.78 is 44.9. The molecular formula is C9H14ClN3O5S2. The molecule has 0 fully saturated rings. The van der Waals surface area contributed by atoms with E-state index in [1.807, 2.05) is 0 Å². The van der Waals surface area contributed by atoms with Gasteiger partial charge in [0.15, 0.2) is 5.69 Å². The Labute approximate surface area is 121 Å². The molecule has 11 heteroatoms. The molecule has 0 bridgehead atoms. The lowest BCUT2D eigenvalue weighted by Gasteiger charge is -2.15. The molecule has 0 atom stereocenters. The van der Waals surface area contributed by atoms with Crippen LogP contribution in [0.4, 0.5) is 0 Å². The zero-order valence-corrected chi connectivity index (χ0v) is 13.4. The molecule has 114 valence electrons. The van der Waals surface area contributed by atoms with E-state index < -0.39 is 29.7 Å². The van der Waals surface area contributed by atoms with Crippen LogP contribution < -0.4 is 0 Å². The summed E-state index contributed by atoms with van der Waals surface area (Å²) in [6.07, 6.45) is 1.04. The molecule has 1 N–H and O–H groups in total. The maximum atomic E-state index is 12.1. The molecule has 1 aromatic heterocycles. The number of H-pyrrole nitrogens is 1. The predicted molar refractivity (Wildman–Crippen MR) is 73.0 cm³/mol. The van der Waals surface area contributed by atoms with Gasteiger partial charge in [-0.25, -0.2) is 16.8 Å². The van der Waals surface area contributed by atoms with Gasteiger partial charge in [0.2, 0.25) is 0 Å². The van der Waals surface area contributed by atoms with Gasteiger partial charge in [0.05, 0.1) is 11.4 Å². The Morgan fingerprint density at radius 1 is 1.35 bits per heavy atom. The molecule has 0 aliphatic heterocycles. The van der Waals surface area contributed by atoms with Gasteiger partial charge in [0.1, 0.15) is 14.7 Å². The molecule has 0 aliphatic rings. The van der Waals surface area contributed by atoms with Crippen LogP contribution in [0.2, 0.25) is 0 Å². The Morgan fingerprint density at radius 2 is 1.90 bits per heavy atom. The minimum absolute atomic E-state index is 0.0780. The summed E-state index contributed by atoms with van der Waals surface area (Å²) in [5.41, 5.74) is -0.214. The summed E-state index contributed by atoms with van der Waals surface area (Å²) in [7, 11) is -0.761. The van der Waals surface area contributed by atoms with Crippen LogP contribution in [0.3, 0.4) is 0 Å². The molecule has 0 radical (unpaired) electrons. The molecule has 0 saturated carbocycles. The van der Waals surface area contributed by atoms with Gasteiger partial charge in [0.25, 0.3) is 15.0 Å². The largest absolute Gasteiger partial charge is 0.339 e. The number of hydrogen-bond acceptors (Lipinski definition) is 6. The highest BCUT2D eigenvalue weighted by Crippen LogP contribution is 2.22. The molecule has 1 heterocycles. The van der Waals surface area contributed by atoms with Crippen molar-refractivity contribution in [2.24, 2.45) is 0 Å². The predicted octanol–water partition coefficient (Wildman–Crippen LogP) is -0.238. The lowest BCUT2D eigenvalue weighted by Crippen LogP contribution is -2.32. The number of halogens is 1. The van der Waals surface area contributed by atoms with Crippen LogP contribution in [0.1, 0.15) is 16.2 Å². The summed E-state index contributed by atoms with van der Waals surface area (Å²) in [5, 5.41) is 5.99. The van der Waals surface area contributed by atoms with Crippen molar-refractivity contribution in [2.75, 3.05) is 25.6 Å². The lowest BCUT2D eigenvalue weighted by atomic mass is 10.3. The second-order valence-corrected chi connectivity index (χ2v) is 9.08. The van der Waals surface area contributed by atoms with Crippen molar-refractivity contribution in [1.82, 2.24) is 15.1 Å². The molecule has 0 unspecified atom stereocenters. The highest BCUT2D eigenvalue weighted by Gasteiger charge is 2.28. The van der Waals surface area contributed by atoms with E-state index in [2.05, 4.69) is 10.2 Å². The standard InChI is InChI=1S/C9H14ClN3O5S2/c1-6-8(20(10,17)18)7(12-11-6)9(14)13(2)4-5-19(3,15)16/h4-5H2,1-3H3,(H,11,12). The highest BCUT2D eigenvalue weighted by atomic mass is 35.7. The van der Waals surface area contributed by atoms with Crippen LogP contribution in [-0.4, -0.2) is 63.4 Å². The summed E-state index contributed by atoms with van der Waals surface area (Å²) in [6.45, 7) is 1.33. The molecule has 8 nitrogen and oxygen atoms in total. The Bertz CT molecular complexity index is 723. The lowest BCUT2D eigenvalue weighted by molar-refractivity contribution is 0.0794. The molecule has 1 rings (SSSR count). The van der Waals surface area contributed by atoms with Crippen LogP contribution in [0, 0.1) is 6.92 Å². The summed E-state index contributed by atoms with van der Waals surface area (Å²) in [4.78, 5) is 12.7. The van der Waals surface area contributed by atoms with Gasteiger partial charge in [-0.3, -0.25) is 9.89 Å². The summed E-state index contributed by atoms with van der Waals surface area (Å²) >= 11 is 0. The van der Waals surface area contributed by atoms with Gasteiger partial charge in [0, 0.05) is 30.5 Å². The zero-order chi connectivity index (χ0) is 15.7. The van der Waals surface area contributed by atoms with Gasteiger partial charge >= 0.3 is 0 Å². The number of sulfone groups is 1.